The summed E-state index contributed by atoms with van der Waals surface area (Å²) in [5, 5.41) is 13.6. The van der Waals surface area contributed by atoms with E-state index in [2.05, 4.69) is 10.6 Å². The van der Waals surface area contributed by atoms with Crippen molar-refractivity contribution in [2.45, 2.75) is 26.3 Å². The predicted molar refractivity (Wildman–Crippen MR) is 65.0 cm³/mol. The van der Waals surface area contributed by atoms with E-state index in [1.54, 1.807) is 13.8 Å². The van der Waals surface area contributed by atoms with Crippen LogP contribution in [0.5, 0.6) is 0 Å². The van der Waals surface area contributed by atoms with Crippen LogP contribution in [0.15, 0.2) is 18.2 Å². The number of carbonyl (C=O) groups excluding carboxylic acids is 1. The quantitative estimate of drug-likeness (QED) is 0.770. The van der Waals surface area contributed by atoms with Gasteiger partial charge in [0.2, 0.25) is 0 Å². The summed E-state index contributed by atoms with van der Waals surface area (Å²) in [5.74, 6) is -1.49. The van der Waals surface area contributed by atoms with Gasteiger partial charge in [0.05, 0.1) is 0 Å². The Labute approximate surface area is 104 Å². The second-order valence-corrected chi connectivity index (χ2v) is 3.86. The minimum absolute atomic E-state index is 0.283. The fraction of sp³-hybridized carbons (Fsp3) is 0.333. The molecule has 18 heavy (non-hydrogen) atoms. The first-order valence-electron chi connectivity index (χ1n) is 5.50. The van der Waals surface area contributed by atoms with Gasteiger partial charge in [0.25, 0.3) is 0 Å². The number of amides is 2. The van der Waals surface area contributed by atoms with E-state index in [0.717, 1.165) is 0 Å². The normalized spacial score (nSPS) is 11.7. The fourth-order valence-electron chi connectivity index (χ4n) is 1.42. The topological polar surface area (TPSA) is 78.4 Å². The minimum atomic E-state index is -1.09. The van der Waals surface area contributed by atoms with Crippen LogP contribution in [-0.4, -0.2) is 23.1 Å². The number of anilines is 1. The highest BCUT2D eigenvalue weighted by Crippen LogP contribution is 2.15. The van der Waals surface area contributed by atoms with Crippen molar-refractivity contribution in [1.29, 1.82) is 0 Å². The van der Waals surface area contributed by atoms with Crippen LogP contribution in [-0.2, 0) is 4.79 Å². The Kier molecular flexibility index (Phi) is 4.65. The number of aliphatic carboxylic acids is 1. The molecular formula is C12H15FN2O3. The van der Waals surface area contributed by atoms with E-state index in [1.807, 2.05) is 0 Å². The zero-order chi connectivity index (χ0) is 13.7. The summed E-state index contributed by atoms with van der Waals surface area (Å²) in [5.41, 5.74) is 1.00. The van der Waals surface area contributed by atoms with E-state index < -0.39 is 23.9 Å². The van der Waals surface area contributed by atoms with E-state index in [-0.39, 0.29) is 6.42 Å². The van der Waals surface area contributed by atoms with Crippen molar-refractivity contribution < 1.29 is 19.1 Å². The van der Waals surface area contributed by atoms with Gasteiger partial charge < -0.3 is 15.7 Å². The number of carboxylic acids is 1. The van der Waals surface area contributed by atoms with Gasteiger partial charge in [0, 0.05) is 5.69 Å². The molecule has 6 heteroatoms. The molecule has 0 bridgehead atoms. The molecular weight excluding hydrogens is 239 g/mol. The first kappa shape index (κ1) is 14.0. The summed E-state index contributed by atoms with van der Waals surface area (Å²) in [6, 6.07) is 2.36. The predicted octanol–water partition coefficient (Wildman–Crippen LogP) is 2.12. The average Bonchev–Trinajstić information content (AvgIpc) is 2.29. The Hall–Kier alpha value is -2.11. The van der Waals surface area contributed by atoms with Crippen LogP contribution in [0.4, 0.5) is 14.9 Å². The van der Waals surface area contributed by atoms with E-state index in [0.29, 0.717) is 11.3 Å². The summed E-state index contributed by atoms with van der Waals surface area (Å²) < 4.78 is 12.8. The van der Waals surface area contributed by atoms with Gasteiger partial charge in [-0.05, 0) is 37.1 Å². The lowest BCUT2D eigenvalue weighted by atomic mass is 10.2. The molecule has 0 radical (unpaired) electrons. The Morgan fingerprint density at radius 1 is 1.44 bits per heavy atom. The second-order valence-electron chi connectivity index (χ2n) is 3.86. The molecule has 98 valence electrons. The molecule has 0 heterocycles. The van der Waals surface area contributed by atoms with E-state index in [9.17, 15) is 14.0 Å². The van der Waals surface area contributed by atoms with Gasteiger partial charge >= 0.3 is 12.0 Å². The zero-order valence-electron chi connectivity index (χ0n) is 10.2. The fourth-order valence-corrected chi connectivity index (χ4v) is 1.42. The highest BCUT2D eigenvalue weighted by molar-refractivity contribution is 5.92. The number of benzene rings is 1. The second kappa shape index (κ2) is 6.00. The molecule has 3 N–H and O–H groups in total. The van der Waals surface area contributed by atoms with E-state index >= 15 is 0 Å². The summed E-state index contributed by atoms with van der Waals surface area (Å²) in [7, 11) is 0. The molecule has 0 unspecified atom stereocenters. The van der Waals surface area contributed by atoms with Crippen molar-refractivity contribution in [3.63, 3.8) is 0 Å². The Morgan fingerprint density at radius 3 is 2.61 bits per heavy atom. The van der Waals surface area contributed by atoms with Crippen LogP contribution in [0.3, 0.4) is 0 Å². The standard InChI is InChI=1S/C12H15FN2O3/c1-3-9(11(16)17)14-12(18)15-10-5-4-8(13)6-7(10)2/h4-6,9H,3H2,1-2H3,(H,16,17)(H2,14,15,18)/t9-/m1/s1. The average molecular weight is 254 g/mol. The molecule has 0 fully saturated rings. The molecule has 0 saturated carbocycles. The Bertz CT molecular complexity index is 463. The number of hydrogen-bond acceptors (Lipinski definition) is 2. The first-order valence-corrected chi connectivity index (χ1v) is 5.50. The van der Waals surface area contributed by atoms with E-state index in [1.165, 1.54) is 18.2 Å². The third kappa shape index (κ3) is 3.73. The Morgan fingerprint density at radius 2 is 2.11 bits per heavy atom. The molecule has 2 amide bonds. The molecule has 1 aromatic carbocycles. The number of halogens is 1. The summed E-state index contributed by atoms with van der Waals surface area (Å²) in [4.78, 5) is 22.3. The van der Waals surface area contributed by atoms with Crippen LogP contribution in [0.1, 0.15) is 18.9 Å². The lowest BCUT2D eigenvalue weighted by Crippen LogP contribution is -2.42. The van der Waals surface area contributed by atoms with Gasteiger partial charge in [-0.3, -0.25) is 0 Å². The lowest BCUT2D eigenvalue weighted by molar-refractivity contribution is -0.139. The summed E-state index contributed by atoms with van der Waals surface area (Å²) in [6.45, 7) is 3.30. The SMILES string of the molecule is CC[C@@H](NC(=O)Nc1ccc(F)cc1C)C(=O)O. The molecule has 0 spiro atoms. The summed E-state index contributed by atoms with van der Waals surface area (Å²) in [6.07, 6.45) is 0.283. The number of rotatable bonds is 4. The molecule has 1 aromatic rings. The van der Waals surface area contributed by atoms with Crippen molar-refractivity contribution in [2.75, 3.05) is 5.32 Å². The molecule has 5 nitrogen and oxygen atoms in total. The number of aryl methyl sites for hydroxylation is 1. The van der Waals surface area contributed by atoms with Gasteiger partial charge in [-0.2, -0.15) is 0 Å². The van der Waals surface area contributed by atoms with Crippen LogP contribution < -0.4 is 10.6 Å². The minimum Gasteiger partial charge on any atom is -0.480 e. The number of nitrogens with one attached hydrogen (secondary N) is 2. The van der Waals surface area contributed by atoms with Gasteiger partial charge in [-0.25, -0.2) is 14.0 Å². The maximum Gasteiger partial charge on any atom is 0.326 e. The highest BCUT2D eigenvalue weighted by atomic mass is 19.1. The molecule has 0 aliphatic rings. The number of hydrogen-bond donors (Lipinski definition) is 3. The molecule has 0 aromatic heterocycles. The first-order chi connectivity index (χ1) is 8.43. The maximum absolute atomic E-state index is 12.8. The number of urea groups is 1. The van der Waals surface area contributed by atoms with E-state index in [4.69, 9.17) is 5.11 Å². The highest BCUT2D eigenvalue weighted by Gasteiger charge is 2.17. The number of carboxylic acid groups (broad SMARTS) is 1. The number of carbonyl (C=O) groups is 2. The van der Waals surface area contributed by atoms with Crippen molar-refractivity contribution >= 4 is 17.7 Å². The van der Waals surface area contributed by atoms with Crippen LogP contribution in [0, 0.1) is 12.7 Å². The van der Waals surface area contributed by atoms with Crippen molar-refractivity contribution in [1.82, 2.24) is 5.32 Å². The molecule has 0 saturated heterocycles. The van der Waals surface area contributed by atoms with Gasteiger partial charge in [-0.1, -0.05) is 6.92 Å². The zero-order valence-corrected chi connectivity index (χ0v) is 10.2. The molecule has 0 aliphatic heterocycles. The van der Waals surface area contributed by atoms with Crippen molar-refractivity contribution in [3.8, 4) is 0 Å². The molecule has 1 rings (SSSR count). The summed E-state index contributed by atoms with van der Waals surface area (Å²) >= 11 is 0. The molecule has 0 aliphatic carbocycles. The van der Waals surface area contributed by atoms with Crippen LogP contribution in [0.2, 0.25) is 0 Å². The van der Waals surface area contributed by atoms with Crippen molar-refractivity contribution in [3.05, 3.63) is 29.6 Å². The van der Waals surface area contributed by atoms with Gasteiger partial charge in [-0.15, -0.1) is 0 Å². The van der Waals surface area contributed by atoms with Crippen LogP contribution in [0.25, 0.3) is 0 Å². The largest absolute Gasteiger partial charge is 0.480 e. The van der Waals surface area contributed by atoms with Gasteiger partial charge in [0.15, 0.2) is 0 Å². The van der Waals surface area contributed by atoms with Crippen molar-refractivity contribution in [2.24, 2.45) is 0 Å². The van der Waals surface area contributed by atoms with Crippen LogP contribution >= 0.6 is 0 Å². The monoisotopic (exact) mass is 254 g/mol. The third-order valence-electron chi connectivity index (χ3n) is 2.45. The third-order valence-corrected chi connectivity index (χ3v) is 2.45. The molecule has 1 atom stereocenters. The lowest BCUT2D eigenvalue weighted by Gasteiger charge is -2.14. The smallest absolute Gasteiger partial charge is 0.326 e. The van der Waals surface area contributed by atoms with Gasteiger partial charge in [0.1, 0.15) is 11.9 Å². The Balaban J connectivity index is 2.67. The maximum atomic E-state index is 12.8.